The van der Waals surface area contributed by atoms with Gasteiger partial charge in [0.15, 0.2) is 0 Å². The number of hydrogen-bond donors (Lipinski definition) is 0. The number of amides is 1. The van der Waals surface area contributed by atoms with Crippen molar-refractivity contribution in [3.05, 3.63) is 46.8 Å². The van der Waals surface area contributed by atoms with E-state index in [0.29, 0.717) is 32.5 Å². The highest BCUT2D eigenvalue weighted by Gasteiger charge is 2.40. The first-order valence-corrected chi connectivity index (χ1v) is 11.6. The molecule has 0 aliphatic carbocycles. The van der Waals surface area contributed by atoms with Gasteiger partial charge in [-0.1, -0.05) is 12.1 Å². The highest BCUT2D eigenvalue weighted by Crippen LogP contribution is 2.29. The van der Waals surface area contributed by atoms with Crippen molar-refractivity contribution in [1.82, 2.24) is 9.21 Å². The zero-order valence-electron chi connectivity index (χ0n) is 16.4. The van der Waals surface area contributed by atoms with Gasteiger partial charge in [0.25, 0.3) is 10.0 Å². The van der Waals surface area contributed by atoms with E-state index in [-0.39, 0.29) is 10.1 Å². The van der Waals surface area contributed by atoms with Crippen LogP contribution >= 0.6 is 11.3 Å². The monoisotopic (exact) mass is 422 g/mol. The van der Waals surface area contributed by atoms with Gasteiger partial charge in [-0.25, -0.2) is 8.42 Å². The molecule has 0 N–H and O–H groups in total. The largest absolute Gasteiger partial charge is 0.492 e. The van der Waals surface area contributed by atoms with Gasteiger partial charge in [-0.3, -0.25) is 4.79 Å². The van der Waals surface area contributed by atoms with E-state index in [0.717, 1.165) is 16.9 Å². The predicted molar refractivity (Wildman–Crippen MR) is 110 cm³/mol. The van der Waals surface area contributed by atoms with Crippen LogP contribution in [0.25, 0.3) is 0 Å². The third kappa shape index (κ3) is 4.56. The molecular weight excluding hydrogens is 396 g/mol. The first-order valence-electron chi connectivity index (χ1n) is 9.30. The number of benzene rings is 1. The lowest BCUT2D eigenvalue weighted by molar-refractivity contribution is -0.133. The van der Waals surface area contributed by atoms with Crippen molar-refractivity contribution in [3.63, 3.8) is 0 Å². The molecule has 1 atom stereocenters. The van der Waals surface area contributed by atoms with Gasteiger partial charge < -0.3 is 9.64 Å². The number of ether oxygens (including phenoxy) is 1. The summed E-state index contributed by atoms with van der Waals surface area (Å²) in [5.74, 6) is 0.600. The molecule has 1 aliphatic rings. The fourth-order valence-electron chi connectivity index (χ4n) is 3.48. The second kappa shape index (κ2) is 8.63. The van der Waals surface area contributed by atoms with Crippen molar-refractivity contribution in [2.75, 3.05) is 26.7 Å². The molecule has 1 unspecified atom stereocenters. The van der Waals surface area contributed by atoms with Crippen molar-refractivity contribution in [1.29, 1.82) is 0 Å². The molecular formula is C20H26N2O4S2. The summed E-state index contributed by atoms with van der Waals surface area (Å²) in [7, 11) is -1.93. The maximum Gasteiger partial charge on any atom is 0.253 e. The number of sulfonamides is 1. The Morgan fingerprint density at radius 3 is 2.64 bits per heavy atom. The van der Waals surface area contributed by atoms with Crippen molar-refractivity contribution in [2.24, 2.45) is 0 Å². The van der Waals surface area contributed by atoms with Gasteiger partial charge in [-0.05, 0) is 61.4 Å². The molecule has 0 saturated carbocycles. The second-order valence-electron chi connectivity index (χ2n) is 7.14. The highest BCUT2D eigenvalue weighted by atomic mass is 32.2. The van der Waals surface area contributed by atoms with Crippen molar-refractivity contribution < 1.29 is 17.9 Å². The van der Waals surface area contributed by atoms with Crippen LogP contribution in [0.5, 0.6) is 5.75 Å². The minimum atomic E-state index is -3.62. The average Bonchev–Trinajstić information content (AvgIpc) is 3.32. The number of carbonyl (C=O) groups is 1. The zero-order valence-corrected chi connectivity index (χ0v) is 18.1. The molecule has 1 aromatic heterocycles. The maximum atomic E-state index is 12.9. The molecule has 8 heteroatoms. The zero-order chi connectivity index (χ0) is 20.3. The van der Waals surface area contributed by atoms with E-state index in [1.807, 2.05) is 26.0 Å². The summed E-state index contributed by atoms with van der Waals surface area (Å²) in [4.78, 5) is 14.5. The normalized spacial score (nSPS) is 17.6. The Morgan fingerprint density at radius 1 is 1.29 bits per heavy atom. The van der Waals surface area contributed by atoms with Gasteiger partial charge in [-0.2, -0.15) is 4.31 Å². The first-order chi connectivity index (χ1) is 13.3. The molecule has 0 spiro atoms. The van der Waals surface area contributed by atoms with Crippen molar-refractivity contribution >= 4 is 27.3 Å². The first kappa shape index (κ1) is 20.8. The molecule has 152 valence electrons. The molecule has 3 rings (SSSR count). The number of aryl methyl sites for hydroxylation is 2. The summed E-state index contributed by atoms with van der Waals surface area (Å²) in [5, 5.41) is 1.73. The summed E-state index contributed by atoms with van der Waals surface area (Å²) in [6.07, 6.45) is 1.24. The Bertz CT molecular complexity index is 905. The van der Waals surface area contributed by atoms with Gasteiger partial charge >= 0.3 is 0 Å². The fourth-order valence-corrected chi connectivity index (χ4v) is 6.25. The number of carbonyl (C=O) groups excluding carboxylic acids is 1. The van der Waals surface area contributed by atoms with Gasteiger partial charge in [0, 0.05) is 13.6 Å². The summed E-state index contributed by atoms with van der Waals surface area (Å²) in [6.45, 7) is 5.16. The van der Waals surface area contributed by atoms with Gasteiger partial charge in [-0.15, -0.1) is 11.3 Å². The van der Waals surface area contributed by atoms with Crippen LogP contribution in [0, 0.1) is 13.8 Å². The number of hydrogen-bond acceptors (Lipinski definition) is 5. The number of likely N-dealkylation sites (N-methyl/N-ethyl adjacent to an activating group) is 1. The Morgan fingerprint density at radius 2 is 2.00 bits per heavy atom. The lowest BCUT2D eigenvalue weighted by Crippen LogP contribution is -2.47. The molecule has 1 aromatic carbocycles. The Balaban J connectivity index is 1.60. The minimum absolute atomic E-state index is 0.179. The van der Waals surface area contributed by atoms with Crippen LogP contribution in [-0.4, -0.2) is 56.3 Å². The SMILES string of the molecule is Cc1cc(C)cc(OCCN(C)C(=O)C2CCCN2S(=O)(=O)c2cccs2)c1. The molecule has 1 amide bonds. The fraction of sp³-hybridized carbons (Fsp3) is 0.450. The highest BCUT2D eigenvalue weighted by molar-refractivity contribution is 7.91. The molecule has 1 aliphatic heterocycles. The second-order valence-corrected chi connectivity index (χ2v) is 10.2. The van der Waals surface area contributed by atoms with E-state index < -0.39 is 16.1 Å². The van der Waals surface area contributed by atoms with Gasteiger partial charge in [0.05, 0.1) is 6.54 Å². The van der Waals surface area contributed by atoms with E-state index >= 15 is 0 Å². The summed E-state index contributed by atoms with van der Waals surface area (Å²) < 4.78 is 33.1. The maximum absolute atomic E-state index is 12.9. The summed E-state index contributed by atoms with van der Waals surface area (Å²) in [6, 6.07) is 8.65. The van der Waals surface area contributed by atoms with Gasteiger partial charge in [0.1, 0.15) is 22.6 Å². The van der Waals surface area contributed by atoms with Crippen molar-refractivity contribution in [2.45, 2.75) is 36.9 Å². The van der Waals surface area contributed by atoms with Crippen LogP contribution in [-0.2, 0) is 14.8 Å². The molecule has 1 saturated heterocycles. The average molecular weight is 423 g/mol. The van der Waals surface area contributed by atoms with Crippen LogP contribution in [0.3, 0.4) is 0 Å². The third-order valence-electron chi connectivity index (χ3n) is 4.81. The smallest absolute Gasteiger partial charge is 0.253 e. The molecule has 0 bridgehead atoms. The Hall–Kier alpha value is -1.90. The summed E-state index contributed by atoms with van der Waals surface area (Å²) >= 11 is 1.18. The van der Waals surface area contributed by atoms with Crippen molar-refractivity contribution in [3.8, 4) is 5.75 Å². The molecule has 2 aromatic rings. The lowest BCUT2D eigenvalue weighted by atomic mass is 10.1. The van der Waals surface area contributed by atoms with Gasteiger partial charge in [0.2, 0.25) is 5.91 Å². The van der Waals surface area contributed by atoms with Crippen LogP contribution in [0.15, 0.2) is 39.9 Å². The lowest BCUT2D eigenvalue weighted by Gasteiger charge is -2.27. The van der Waals surface area contributed by atoms with Crippen LogP contribution in [0.2, 0.25) is 0 Å². The van der Waals surface area contributed by atoms with Crippen LogP contribution < -0.4 is 4.74 Å². The quantitative estimate of drug-likeness (QED) is 0.688. The molecule has 6 nitrogen and oxygen atoms in total. The minimum Gasteiger partial charge on any atom is -0.492 e. The van der Waals surface area contributed by atoms with E-state index in [1.165, 1.54) is 15.6 Å². The van der Waals surface area contributed by atoms with E-state index in [4.69, 9.17) is 4.74 Å². The molecule has 0 radical (unpaired) electrons. The topological polar surface area (TPSA) is 66.9 Å². The van der Waals surface area contributed by atoms with E-state index in [9.17, 15) is 13.2 Å². The number of nitrogens with zero attached hydrogens (tertiary/aromatic N) is 2. The Kier molecular flexibility index (Phi) is 6.42. The standard InChI is InChI=1S/C20H26N2O4S2/c1-15-12-16(2)14-17(13-15)26-10-9-21(3)20(23)18-6-4-8-22(18)28(24,25)19-7-5-11-27-19/h5,7,11-14,18H,4,6,8-10H2,1-3H3. The number of rotatable bonds is 7. The Labute approximate surface area is 170 Å². The van der Waals surface area contributed by atoms with E-state index in [1.54, 1.807) is 29.5 Å². The van der Waals surface area contributed by atoms with Crippen LogP contribution in [0.4, 0.5) is 0 Å². The van der Waals surface area contributed by atoms with Crippen LogP contribution in [0.1, 0.15) is 24.0 Å². The predicted octanol–water partition coefficient (Wildman–Crippen LogP) is 3.06. The molecule has 2 heterocycles. The third-order valence-corrected chi connectivity index (χ3v) is 8.09. The molecule has 28 heavy (non-hydrogen) atoms. The number of thiophene rings is 1. The molecule has 1 fully saturated rings. The van der Waals surface area contributed by atoms with E-state index in [2.05, 4.69) is 6.07 Å². The summed E-state index contributed by atoms with van der Waals surface area (Å²) in [5.41, 5.74) is 2.25.